The second-order valence-electron chi connectivity index (χ2n) is 7.47. The number of nitrogens with one attached hydrogen (secondary N) is 1. The van der Waals surface area contributed by atoms with Gasteiger partial charge in [0.2, 0.25) is 11.8 Å². The van der Waals surface area contributed by atoms with Gasteiger partial charge in [0, 0.05) is 26.6 Å². The van der Waals surface area contributed by atoms with Crippen molar-refractivity contribution in [2.24, 2.45) is 5.92 Å². The molecule has 1 aromatic carbocycles. The van der Waals surface area contributed by atoms with Crippen LogP contribution in [-0.2, 0) is 14.3 Å². The lowest BCUT2D eigenvalue weighted by Crippen LogP contribution is -2.49. The number of ether oxygens (including phenoxy) is 1. The molecule has 27 heavy (non-hydrogen) atoms. The number of hydrogen-bond acceptors (Lipinski definition) is 4. The molecule has 2 rings (SSSR count). The number of benzene rings is 1. The third-order valence-corrected chi connectivity index (χ3v) is 5.17. The molecule has 6 nitrogen and oxygen atoms in total. The lowest BCUT2D eigenvalue weighted by Gasteiger charge is -2.41. The van der Waals surface area contributed by atoms with Crippen LogP contribution in [0.1, 0.15) is 36.4 Å². The molecule has 2 atom stereocenters. The van der Waals surface area contributed by atoms with Crippen LogP contribution in [-0.4, -0.2) is 69.1 Å². The fourth-order valence-electron chi connectivity index (χ4n) is 3.72. The Hall–Kier alpha value is -1.92. The molecule has 0 radical (unpaired) electrons. The van der Waals surface area contributed by atoms with Crippen molar-refractivity contribution in [2.75, 3.05) is 47.4 Å². The zero-order valence-electron chi connectivity index (χ0n) is 17.0. The van der Waals surface area contributed by atoms with Crippen LogP contribution in [0, 0.1) is 12.8 Å². The summed E-state index contributed by atoms with van der Waals surface area (Å²) >= 11 is 0. The molecule has 0 aliphatic carbocycles. The Morgan fingerprint density at radius 1 is 1.33 bits per heavy atom. The van der Waals surface area contributed by atoms with Gasteiger partial charge < -0.3 is 19.9 Å². The van der Waals surface area contributed by atoms with E-state index in [-0.39, 0.29) is 23.8 Å². The molecule has 1 aromatic rings. The summed E-state index contributed by atoms with van der Waals surface area (Å²) in [5.74, 6) is -0.103. The van der Waals surface area contributed by atoms with Gasteiger partial charge in [0.15, 0.2) is 0 Å². The Morgan fingerprint density at radius 2 is 2.07 bits per heavy atom. The first-order valence-electron chi connectivity index (χ1n) is 9.72. The highest BCUT2D eigenvalue weighted by Gasteiger charge is 2.40. The first-order valence-corrected chi connectivity index (χ1v) is 9.72. The Labute approximate surface area is 162 Å². The van der Waals surface area contributed by atoms with Crippen LogP contribution < -0.4 is 5.32 Å². The SMILES string of the molecule is COCCN1C(=O)CC[C@@H](C(=O)NCCCN(C)C)[C@@H]1c1ccccc1C. The largest absolute Gasteiger partial charge is 0.383 e. The van der Waals surface area contributed by atoms with Gasteiger partial charge in [-0.3, -0.25) is 9.59 Å². The summed E-state index contributed by atoms with van der Waals surface area (Å²) in [7, 11) is 5.68. The second-order valence-corrected chi connectivity index (χ2v) is 7.47. The molecule has 6 heteroatoms. The van der Waals surface area contributed by atoms with Crippen molar-refractivity contribution in [1.82, 2.24) is 15.1 Å². The van der Waals surface area contributed by atoms with Crippen molar-refractivity contribution in [3.63, 3.8) is 0 Å². The van der Waals surface area contributed by atoms with Crippen LogP contribution >= 0.6 is 0 Å². The molecule has 150 valence electrons. The lowest BCUT2D eigenvalue weighted by atomic mass is 9.82. The number of carbonyl (C=O) groups excluding carboxylic acids is 2. The van der Waals surface area contributed by atoms with Crippen LogP contribution in [0.3, 0.4) is 0 Å². The predicted molar refractivity (Wildman–Crippen MR) is 106 cm³/mol. The topological polar surface area (TPSA) is 61.9 Å². The molecular formula is C21H33N3O3. The van der Waals surface area contributed by atoms with Crippen LogP contribution in [0.15, 0.2) is 24.3 Å². The van der Waals surface area contributed by atoms with Gasteiger partial charge in [-0.05, 0) is 51.5 Å². The Kier molecular flexibility index (Phi) is 8.25. The van der Waals surface area contributed by atoms with Crippen LogP contribution in [0.2, 0.25) is 0 Å². The highest BCUT2D eigenvalue weighted by atomic mass is 16.5. The number of rotatable bonds is 9. The Bertz CT molecular complexity index is 633. The summed E-state index contributed by atoms with van der Waals surface area (Å²) in [4.78, 5) is 29.5. The molecule has 0 bridgehead atoms. The van der Waals surface area contributed by atoms with Crippen molar-refractivity contribution >= 4 is 11.8 Å². The van der Waals surface area contributed by atoms with Crippen molar-refractivity contribution in [3.8, 4) is 0 Å². The van der Waals surface area contributed by atoms with Gasteiger partial charge >= 0.3 is 0 Å². The number of methoxy groups -OCH3 is 1. The number of piperidine rings is 1. The minimum Gasteiger partial charge on any atom is -0.383 e. The highest BCUT2D eigenvalue weighted by molar-refractivity contribution is 5.85. The molecular weight excluding hydrogens is 342 g/mol. The van der Waals surface area contributed by atoms with Gasteiger partial charge in [-0.15, -0.1) is 0 Å². The van der Waals surface area contributed by atoms with E-state index in [4.69, 9.17) is 4.74 Å². The summed E-state index contributed by atoms with van der Waals surface area (Å²) in [6.07, 6.45) is 1.90. The molecule has 0 aromatic heterocycles. The van der Waals surface area contributed by atoms with Crippen molar-refractivity contribution < 1.29 is 14.3 Å². The van der Waals surface area contributed by atoms with Gasteiger partial charge in [0.25, 0.3) is 0 Å². The fourth-order valence-corrected chi connectivity index (χ4v) is 3.72. The van der Waals surface area contributed by atoms with Gasteiger partial charge in [0.05, 0.1) is 18.6 Å². The van der Waals surface area contributed by atoms with Crippen molar-refractivity contribution in [3.05, 3.63) is 35.4 Å². The standard InChI is InChI=1S/C21H33N3O3/c1-16-8-5-6-9-17(16)20-18(21(26)22-12-7-13-23(2)3)10-11-19(25)24(20)14-15-27-4/h5-6,8-9,18,20H,7,10-15H2,1-4H3,(H,22,26)/t18-,20+/m1/s1. The van der Waals surface area contributed by atoms with E-state index >= 15 is 0 Å². The molecule has 1 N–H and O–H groups in total. The third-order valence-electron chi connectivity index (χ3n) is 5.17. The normalized spacial score (nSPS) is 20.2. The number of aryl methyl sites for hydroxylation is 1. The Morgan fingerprint density at radius 3 is 2.74 bits per heavy atom. The maximum atomic E-state index is 13.0. The first kappa shape index (κ1) is 21.4. The van der Waals surface area contributed by atoms with Crippen LogP contribution in [0.25, 0.3) is 0 Å². The van der Waals surface area contributed by atoms with Gasteiger partial charge in [0.1, 0.15) is 0 Å². The van der Waals surface area contributed by atoms with E-state index in [1.165, 1.54) is 0 Å². The fraction of sp³-hybridized carbons (Fsp3) is 0.619. The lowest BCUT2D eigenvalue weighted by molar-refractivity contribution is -0.144. The van der Waals surface area contributed by atoms with Gasteiger partial charge in [-0.25, -0.2) is 0 Å². The van der Waals surface area contributed by atoms with E-state index in [1.54, 1.807) is 7.11 Å². The number of likely N-dealkylation sites (tertiary alicyclic amines) is 1. The maximum Gasteiger partial charge on any atom is 0.225 e. The van der Waals surface area contributed by atoms with E-state index < -0.39 is 0 Å². The zero-order chi connectivity index (χ0) is 19.8. The van der Waals surface area contributed by atoms with Crippen LogP contribution in [0.4, 0.5) is 0 Å². The highest BCUT2D eigenvalue weighted by Crippen LogP contribution is 2.38. The average Bonchev–Trinajstić information content (AvgIpc) is 2.64. The van der Waals surface area contributed by atoms with E-state index in [2.05, 4.69) is 10.2 Å². The second kappa shape index (κ2) is 10.4. The predicted octanol–water partition coefficient (Wildman–Crippen LogP) is 1.99. The quantitative estimate of drug-likeness (QED) is 0.671. The monoisotopic (exact) mass is 375 g/mol. The number of hydrogen-bond donors (Lipinski definition) is 1. The summed E-state index contributed by atoms with van der Waals surface area (Å²) in [5, 5.41) is 3.08. The molecule has 0 spiro atoms. The third kappa shape index (κ3) is 5.78. The van der Waals surface area contributed by atoms with Crippen LogP contribution in [0.5, 0.6) is 0 Å². The molecule has 1 heterocycles. The first-order chi connectivity index (χ1) is 13.0. The number of carbonyl (C=O) groups is 2. The molecule has 2 amide bonds. The number of amides is 2. The smallest absolute Gasteiger partial charge is 0.225 e. The average molecular weight is 376 g/mol. The molecule has 0 saturated carbocycles. The maximum absolute atomic E-state index is 13.0. The van der Waals surface area contributed by atoms with E-state index in [1.807, 2.05) is 50.2 Å². The van der Waals surface area contributed by atoms with E-state index in [9.17, 15) is 9.59 Å². The zero-order valence-corrected chi connectivity index (χ0v) is 17.0. The number of nitrogens with zero attached hydrogens (tertiary/aromatic N) is 2. The summed E-state index contributed by atoms with van der Waals surface area (Å²) in [6.45, 7) is 4.59. The van der Waals surface area contributed by atoms with E-state index in [0.717, 1.165) is 24.1 Å². The summed E-state index contributed by atoms with van der Waals surface area (Å²) < 4.78 is 5.21. The van der Waals surface area contributed by atoms with Crippen molar-refractivity contribution in [1.29, 1.82) is 0 Å². The summed E-state index contributed by atoms with van der Waals surface area (Å²) in [6, 6.07) is 7.79. The summed E-state index contributed by atoms with van der Waals surface area (Å²) in [5.41, 5.74) is 2.15. The van der Waals surface area contributed by atoms with E-state index in [0.29, 0.717) is 32.5 Å². The molecule has 0 unspecified atom stereocenters. The molecule has 1 aliphatic rings. The minimum atomic E-state index is -0.239. The van der Waals surface area contributed by atoms with Gasteiger partial charge in [-0.2, -0.15) is 0 Å². The molecule has 1 aliphatic heterocycles. The van der Waals surface area contributed by atoms with Crippen molar-refractivity contribution in [2.45, 2.75) is 32.2 Å². The molecule has 1 saturated heterocycles. The molecule has 1 fully saturated rings. The van der Waals surface area contributed by atoms with Gasteiger partial charge in [-0.1, -0.05) is 24.3 Å². The minimum absolute atomic E-state index is 0.0388. The Balaban J connectivity index is 2.21.